The van der Waals surface area contributed by atoms with Crippen LogP contribution >= 0.6 is 0 Å². The summed E-state index contributed by atoms with van der Waals surface area (Å²) in [6, 6.07) is 12.8. The van der Waals surface area contributed by atoms with Crippen molar-refractivity contribution < 1.29 is 12.4 Å². The number of para-hydroxylation sites is 2. The van der Waals surface area contributed by atoms with Gasteiger partial charge in [-0.1, -0.05) is 18.2 Å². The van der Waals surface area contributed by atoms with Crippen molar-refractivity contribution in [2.45, 2.75) is 0 Å². The average molecular weight is 364 g/mol. The van der Waals surface area contributed by atoms with E-state index in [1.807, 2.05) is 24.3 Å². The molecule has 0 saturated heterocycles. The number of benzene rings is 2. The summed E-state index contributed by atoms with van der Waals surface area (Å²) in [6.07, 6.45) is 3.26. The van der Waals surface area contributed by atoms with Crippen molar-refractivity contribution >= 4 is 28.3 Å². The van der Waals surface area contributed by atoms with Gasteiger partial charge in [0.1, 0.15) is 5.75 Å². The molecule has 8 nitrogen and oxygen atoms in total. The monoisotopic (exact) mass is 364 g/mol. The highest BCUT2D eigenvalue weighted by molar-refractivity contribution is 6.06. The molecule has 8 heteroatoms. The lowest BCUT2D eigenvalue weighted by atomic mass is 10.1. The third-order valence-corrected chi connectivity index (χ3v) is 4.11. The minimum Gasteiger partial charge on any atom is -0.495 e. The second-order valence-corrected chi connectivity index (χ2v) is 5.82. The first-order valence-electron chi connectivity index (χ1n) is 8.16. The van der Waals surface area contributed by atoms with Crippen LogP contribution in [-0.2, 0) is 0 Å². The maximum absolute atomic E-state index is 12.7. The fourth-order valence-corrected chi connectivity index (χ4v) is 2.74. The van der Waals surface area contributed by atoms with Crippen LogP contribution in [0, 0.1) is 0 Å². The Morgan fingerprint density at radius 3 is 2.93 bits per heavy atom. The summed E-state index contributed by atoms with van der Waals surface area (Å²) in [6.45, 7) is 0. The number of nitrogens with one attached hydrogen (secondary N) is 2. The summed E-state index contributed by atoms with van der Waals surface area (Å²) < 4.78 is 5.25. The van der Waals surface area contributed by atoms with Crippen LogP contribution in [0.25, 0.3) is 22.2 Å². The van der Waals surface area contributed by atoms with E-state index in [0.29, 0.717) is 17.1 Å². The standard InChI is InChI=1S/C19H16N6O2.2H2/c1-27-16-5-3-2-4-14(16)24-19(26)17-18(20)21-10-15(23-17)11-6-7-13-12(8-11)9-22-25-13;;/h2-10H,1H3,(H2,20,21)(H,22,25)(H,24,26);2*1H. The number of H-pyrrole nitrogens is 1. The number of carbonyl (C=O) groups is 1. The first kappa shape index (κ1) is 16.5. The lowest BCUT2D eigenvalue weighted by Gasteiger charge is -2.11. The van der Waals surface area contributed by atoms with Crippen molar-refractivity contribution in [1.82, 2.24) is 20.2 Å². The van der Waals surface area contributed by atoms with E-state index in [0.717, 1.165) is 16.5 Å². The lowest BCUT2D eigenvalue weighted by molar-refractivity contribution is 0.102. The third-order valence-electron chi connectivity index (χ3n) is 4.11. The molecule has 4 N–H and O–H groups in total. The van der Waals surface area contributed by atoms with Gasteiger partial charge < -0.3 is 15.8 Å². The van der Waals surface area contributed by atoms with Crippen molar-refractivity contribution in [2.24, 2.45) is 0 Å². The number of hydrogen-bond donors (Lipinski definition) is 3. The zero-order chi connectivity index (χ0) is 18.8. The number of rotatable bonds is 4. The summed E-state index contributed by atoms with van der Waals surface area (Å²) in [4.78, 5) is 21.2. The maximum Gasteiger partial charge on any atom is 0.278 e. The second-order valence-electron chi connectivity index (χ2n) is 5.82. The number of hydrogen-bond acceptors (Lipinski definition) is 6. The van der Waals surface area contributed by atoms with E-state index in [-0.39, 0.29) is 14.4 Å². The van der Waals surface area contributed by atoms with Gasteiger partial charge in [-0.25, -0.2) is 9.97 Å². The molecule has 0 bridgehead atoms. The quantitative estimate of drug-likeness (QED) is 0.511. The highest BCUT2D eigenvalue weighted by Gasteiger charge is 2.16. The van der Waals surface area contributed by atoms with E-state index in [2.05, 4.69) is 25.5 Å². The van der Waals surface area contributed by atoms with Crippen LogP contribution in [0.4, 0.5) is 11.5 Å². The van der Waals surface area contributed by atoms with Crippen LogP contribution in [0.3, 0.4) is 0 Å². The third kappa shape index (κ3) is 3.15. The van der Waals surface area contributed by atoms with Gasteiger partial charge >= 0.3 is 0 Å². The molecule has 0 aliphatic heterocycles. The molecule has 138 valence electrons. The number of aromatic nitrogens is 4. The van der Waals surface area contributed by atoms with Gasteiger partial charge in [0, 0.05) is 13.8 Å². The zero-order valence-electron chi connectivity index (χ0n) is 14.4. The number of ether oxygens (including phenoxy) is 1. The Bertz CT molecular complexity index is 1150. The number of nitrogens with zero attached hydrogens (tertiary/aromatic N) is 3. The van der Waals surface area contributed by atoms with Gasteiger partial charge in [-0.05, 0) is 24.3 Å². The molecule has 0 radical (unpaired) electrons. The molecule has 2 aromatic carbocycles. The minimum absolute atomic E-state index is 0. The van der Waals surface area contributed by atoms with Crippen molar-refractivity contribution in [3.63, 3.8) is 0 Å². The topological polar surface area (TPSA) is 119 Å². The van der Waals surface area contributed by atoms with Crippen LogP contribution in [0.2, 0.25) is 0 Å². The molecule has 27 heavy (non-hydrogen) atoms. The van der Waals surface area contributed by atoms with E-state index in [9.17, 15) is 4.79 Å². The maximum atomic E-state index is 12.7. The summed E-state index contributed by atoms with van der Waals surface area (Å²) >= 11 is 0. The van der Waals surface area contributed by atoms with Crippen molar-refractivity contribution in [3.05, 3.63) is 60.6 Å². The normalized spacial score (nSPS) is 10.7. The molecule has 0 unspecified atom stereocenters. The SMILES string of the molecule is COc1ccccc1NC(=O)c1nc(-c2ccc3[nH]ncc3c2)cnc1N.[HH].[HH]. The van der Waals surface area contributed by atoms with E-state index in [1.54, 1.807) is 24.4 Å². The van der Waals surface area contributed by atoms with Gasteiger partial charge in [-0.2, -0.15) is 5.10 Å². The summed E-state index contributed by atoms with van der Waals surface area (Å²) in [7, 11) is 1.53. The Morgan fingerprint density at radius 2 is 2.07 bits per heavy atom. The van der Waals surface area contributed by atoms with Gasteiger partial charge in [0.25, 0.3) is 5.91 Å². The van der Waals surface area contributed by atoms with Crippen LogP contribution in [0.15, 0.2) is 54.9 Å². The molecular weight excluding hydrogens is 344 g/mol. The Morgan fingerprint density at radius 1 is 1.22 bits per heavy atom. The van der Waals surface area contributed by atoms with Crippen molar-refractivity contribution in [1.29, 1.82) is 0 Å². The second kappa shape index (κ2) is 6.75. The molecule has 2 aromatic heterocycles. The van der Waals surface area contributed by atoms with E-state index >= 15 is 0 Å². The predicted molar refractivity (Wildman–Crippen MR) is 107 cm³/mol. The molecule has 0 saturated carbocycles. The first-order valence-corrected chi connectivity index (χ1v) is 8.16. The number of nitrogens with two attached hydrogens (primary N) is 1. The molecule has 0 fully saturated rings. The Labute approximate surface area is 157 Å². The van der Waals surface area contributed by atoms with E-state index in [1.165, 1.54) is 13.3 Å². The highest BCUT2D eigenvalue weighted by Crippen LogP contribution is 2.25. The summed E-state index contributed by atoms with van der Waals surface area (Å²) in [5, 5.41) is 10.6. The highest BCUT2D eigenvalue weighted by atomic mass is 16.5. The Balaban J connectivity index is 0.00000150. The van der Waals surface area contributed by atoms with Crippen LogP contribution in [0.5, 0.6) is 5.75 Å². The number of aromatic amines is 1. The molecule has 4 aromatic rings. The van der Waals surface area contributed by atoms with Gasteiger partial charge in [-0.15, -0.1) is 0 Å². The molecule has 2 heterocycles. The largest absolute Gasteiger partial charge is 0.495 e. The fourth-order valence-electron chi connectivity index (χ4n) is 2.74. The summed E-state index contributed by atoms with van der Waals surface area (Å²) in [5.41, 5.74) is 8.72. The zero-order valence-corrected chi connectivity index (χ0v) is 14.4. The predicted octanol–water partition coefficient (Wildman–Crippen LogP) is 3.36. The van der Waals surface area contributed by atoms with Gasteiger partial charge in [0.2, 0.25) is 0 Å². The van der Waals surface area contributed by atoms with Gasteiger partial charge in [0.15, 0.2) is 11.5 Å². The van der Waals surface area contributed by atoms with Crippen LogP contribution in [-0.4, -0.2) is 33.2 Å². The number of nitrogen functional groups attached to an aromatic ring is 1. The molecular formula is C19H20N6O2. The van der Waals surface area contributed by atoms with E-state index in [4.69, 9.17) is 10.5 Å². The fraction of sp³-hybridized carbons (Fsp3) is 0.0526. The Kier molecular flexibility index (Phi) is 4.13. The number of amides is 1. The molecule has 0 spiro atoms. The molecule has 0 aliphatic carbocycles. The average Bonchev–Trinajstić information content (AvgIpc) is 3.16. The number of fused-ring (bicyclic) bond motifs is 1. The van der Waals surface area contributed by atoms with E-state index < -0.39 is 5.91 Å². The number of carbonyl (C=O) groups excluding carboxylic acids is 1. The van der Waals surface area contributed by atoms with Crippen LogP contribution < -0.4 is 15.8 Å². The van der Waals surface area contributed by atoms with Gasteiger partial charge in [0.05, 0.1) is 36.4 Å². The Hall–Kier alpha value is -3.94. The van der Waals surface area contributed by atoms with Crippen molar-refractivity contribution in [2.75, 3.05) is 18.2 Å². The van der Waals surface area contributed by atoms with Crippen molar-refractivity contribution in [3.8, 4) is 17.0 Å². The first-order chi connectivity index (χ1) is 13.2. The minimum atomic E-state index is -0.462. The molecule has 4 rings (SSSR count). The number of anilines is 2. The van der Waals surface area contributed by atoms with Crippen LogP contribution in [0.1, 0.15) is 13.3 Å². The smallest absolute Gasteiger partial charge is 0.278 e. The lowest BCUT2D eigenvalue weighted by Crippen LogP contribution is -2.17. The molecule has 0 atom stereocenters. The van der Waals surface area contributed by atoms with Gasteiger partial charge in [-0.3, -0.25) is 9.89 Å². The molecule has 1 amide bonds. The summed E-state index contributed by atoms with van der Waals surface area (Å²) in [5.74, 6) is 0.130. The molecule has 0 aliphatic rings. The number of methoxy groups -OCH3 is 1.